The van der Waals surface area contributed by atoms with Crippen LogP contribution in [0.2, 0.25) is 0 Å². The molecule has 0 atom stereocenters. The first kappa shape index (κ1) is 23.5. The molecule has 0 saturated heterocycles. The summed E-state index contributed by atoms with van der Waals surface area (Å²) in [4.78, 5) is 30.6. The van der Waals surface area contributed by atoms with Crippen LogP contribution in [-0.4, -0.2) is 16.8 Å². The van der Waals surface area contributed by atoms with Gasteiger partial charge in [-0.25, -0.2) is 4.98 Å². The molecule has 2 N–H and O–H groups in total. The van der Waals surface area contributed by atoms with Crippen molar-refractivity contribution in [3.05, 3.63) is 124 Å². The number of amides is 2. The van der Waals surface area contributed by atoms with Crippen LogP contribution in [0.5, 0.6) is 0 Å². The van der Waals surface area contributed by atoms with Crippen molar-refractivity contribution < 1.29 is 9.59 Å². The van der Waals surface area contributed by atoms with Crippen LogP contribution < -0.4 is 10.6 Å². The number of pyridine rings is 1. The SMILES string of the molecule is Cc1ccc2nc(-c3ccc(Br)cc3)cc(C(=O)Nc3ccc(NC(=O)c4ccccc4)cc3)c2c1. The van der Waals surface area contributed by atoms with E-state index in [-0.39, 0.29) is 11.8 Å². The summed E-state index contributed by atoms with van der Waals surface area (Å²) in [7, 11) is 0. The summed E-state index contributed by atoms with van der Waals surface area (Å²) in [5.74, 6) is -0.418. The molecule has 0 aliphatic rings. The summed E-state index contributed by atoms with van der Waals surface area (Å²) in [6.45, 7) is 1.99. The second-order valence-corrected chi connectivity index (χ2v) is 9.35. The number of fused-ring (bicyclic) bond motifs is 1. The Morgan fingerprint density at radius 3 is 2.03 bits per heavy atom. The van der Waals surface area contributed by atoms with Crippen molar-refractivity contribution in [3.63, 3.8) is 0 Å². The van der Waals surface area contributed by atoms with Gasteiger partial charge in [-0.1, -0.05) is 57.9 Å². The molecule has 2 amide bonds. The Morgan fingerprint density at radius 2 is 1.36 bits per heavy atom. The molecule has 0 bridgehead atoms. The number of benzene rings is 4. The second kappa shape index (κ2) is 10.1. The van der Waals surface area contributed by atoms with Crippen molar-refractivity contribution in [2.75, 3.05) is 10.6 Å². The summed E-state index contributed by atoms with van der Waals surface area (Å²) in [5.41, 5.74) is 5.85. The number of nitrogens with one attached hydrogen (secondary N) is 2. The van der Waals surface area contributed by atoms with Crippen LogP contribution in [0.25, 0.3) is 22.2 Å². The van der Waals surface area contributed by atoms with Crippen LogP contribution >= 0.6 is 15.9 Å². The van der Waals surface area contributed by atoms with Crippen LogP contribution in [-0.2, 0) is 0 Å². The highest BCUT2D eigenvalue weighted by Crippen LogP contribution is 2.27. The zero-order chi connectivity index (χ0) is 25.1. The first-order valence-electron chi connectivity index (χ1n) is 11.4. The summed E-state index contributed by atoms with van der Waals surface area (Å²) in [6.07, 6.45) is 0. The lowest BCUT2D eigenvalue weighted by Crippen LogP contribution is -2.14. The smallest absolute Gasteiger partial charge is 0.256 e. The number of aromatic nitrogens is 1. The van der Waals surface area contributed by atoms with Crippen molar-refractivity contribution in [1.82, 2.24) is 4.98 Å². The van der Waals surface area contributed by atoms with Crippen LogP contribution in [0.3, 0.4) is 0 Å². The number of hydrogen-bond acceptors (Lipinski definition) is 3. The van der Waals surface area contributed by atoms with E-state index in [4.69, 9.17) is 4.98 Å². The molecular formula is C30H22BrN3O2. The quantitative estimate of drug-likeness (QED) is 0.245. The van der Waals surface area contributed by atoms with Gasteiger partial charge in [0, 0.05) is 32.4 Å². The van der Waals surface area contributed by atoms with Crippen molar-refractivity contribution in [1.29, 1.82) is 0 Å². The fourth-order valence-electron chi connectivity index (χ4n) is 3.92. The topological polar surface area (TPSA) is 71.1 Å². The Balaban J connectivity index is 1.41. The van der Waals surface area contributed by atoms with Gasteiger partial charge in [-0.15, -0.1) is 0 Å². The molecule has 0 aliphatic heterocycles. The predicted molar refractivity (Wildman–Crippen MR) is 148 cm³/mol. The first-order chi connectivity index (χ1) is 17.5. The Hall–Kier alpha value is -4.29. The zero-order valence-corrected chi connectivity index (χ0v) is 21.0. The van der Waals surface area contributed by atoms with Gasteiger partial charge in [0.1, 0.15) is 0 Å². The van der Waals surface area contributed by atoms with E-state index in [2.05, 4.69) is 26.6 Å². The molecular weight excluding hydrogens is 514 g/mol. The molecule has 0 fully saturated rings. The molecule has 5 nitrogen and oxygen atoms in total. The summed E-state index contributed by atoms with van der Waals surface area (Å²) in [5, 5.41) is 6.64. The van der Waals surface area contributed by atoms with E-state index < -0.39 is 0 Å². The fraction of sp³-hybridized carbons (Fsp3) is 0.0333. The lowest BCUT2D eigenvalue weighted by molar-refractivity contribution is 0.101. The number of anilines is 2. The molecule has 0 spiro atoms. The highest BCUT2D eigenvalue weighted by Gasteiger charge is 2.15. The highest BCUT2D eigenvalue weighted by atomic mass is 79.9. The minimum atomic E-state index is -0.229. The van der Waals surface area contributed by atoms with E-state index >= 15 is 0 Å². The maximum atomic E-state index is 13.4. The highest BCUT2D eigenvalue weighted by molar-refractivity contribution is 9.10. The third-order valence-electron chi connectivity index (χ3n) is 5.79. The monoisotopic (exact) mass is 535 g/mol. The molecule has 0 aliphatic carbocycles. The predicted octanol–water partition coefficient (Wildman–Crippen LogP) is 7.48. The van der Waals surface area contributed by atoms with E-state index in [1.807, 2.05) is 73.7 Å². The van der Waals surface area contributed by atoms with Crippen molar-refractivity contribution >= 4 is 50.0 Å². The molecule has 5 aromatic rings. The minimum absolute atomic E-state index is 0.188. The summed E-state index contributed by atoms with van der Waals surface area (Å²) >= 11 is 3.46. The molecule has 0 radical (unpaired) electrons. The maximum absolute atomic E-state index is 13.4. The number of carbonyl (C=O) groups excluding carboxylic acids is 2. The molecule has 1 aromatic heterocycles. The van der Waals surface area contributed by atoms with Gasteiger partial charge in [0.2, 0.25) is 0 Å². The van der Waals surface area contributed by atoms with Crippen molar-refractivity contribution in [3.8, 4) is 11.3 Å². The zero-order valence-electron chi connectivity index (χ0n) is 19.5. The van der Waals surface area contributed by atoms with E-state index in [1.54, 1.807) is 36.4 Å². The van der Waals surface area contributed by atoms with Gasteiger partial charge < -0.3 is 10.6 Å². The van der Waals surface area contributed by atoms with Gasteiger partial charge >= 0.3 is 0 Å². The lowest BCUT2D eigenvalue weighted by Gasteiger charge is -2.12. The number of nitrogens with zero attached hydrogens (tertiary/aromatic N) is 1. The molecule has 6 heteroatoms. The van der Waals surface area contributed by atoms with Gasteiger partial charge in [-0.2, -0.15) is 0 Å². The molecule has 0 saturated carbocycles. The number of carbonyl (C=O) groups is 2. The molecule has 0 unspecified atom stereocenters. The van der Waals surface area contributed by atoms with Gasteiger partial charge in [0.25, 0.3) is 11.8 Å². The van der Waals surface area contributed by atoms with Gasteiger partial charge in [-0.05, 0) is 73.7 Å². The summed E-state index contributed by atoms with van der Waals surface area (Å²) in [6, 6.07) is 31.7. The average Bonchev–Trinajstić information content (AvgIpc) is 2.90. The Morgan fingerprint density at radius 1 is 0.722 bits per heavy atom. The van der Waals surface area contributed by atoms with E-state index in [0.717, 1.165) is 32.2 Å². The van der Waals surface area contributed by atoms with Crippen LogP contribution in [0.15, 0.2) is 108 Å². The molecule has 5 rings (SSSR count). The third-order valence-corrected chi connectivity index (χ3v) is 6.31. The van der Waals surface area contributed by atoms with Crippen LogP contribution in [0.4, 0.5) is 11.4 Å². The number of hydrogen-bond donors (Lipinski definition) is 2. The minimum Gasteiger partial charge on any atom is -0.322 e. The Kier molecular flexibility index (Phi) is 6.60. The largest absolute Gasteiger partial charge is 0.322 e. The third kappa shape index (κ3) is 5.19. The number of rotatable bonds is 5. The Labute approximate surface area is 217 Å². The van der Waals surface area contributed by atoms with Crippen molar-refractivity contribution in [2.24, 2.45) is 0 Å². The summed E-state index contributed by atoms with van der Waals surface area (Å²) < 4.78 is 0.976. The van der Waals surface area contributed by atoms with E-state index in [1.165, 1.54) is 0 Å². The fourth-order valence-corrected chi connectivity index (χ4v) is 4.19. The number of aryl methyl sites for hydroxylation is 1. The lowest BCUT2D eigenvalue weighted by atomic mass is 10.0. The van der Waals surface area contributed by atoms with E-state index in [0.29, 0.717) is 22.5 Å². The molecule has 1 heterocycles. The van der Waals surface area contributed by atoms with Gasteiger partial charge in [-0.3, -0.25) is 9.59 Å². The Bertz CT molecular complexity index is 1560. The van der Waals surface area contributed by atoms with Gasteiger partial charge in [0.05, 0.1) is 16.8 Å². The maximum Gasteiger partial charge on any atom is 0.256 e. The standard InChI is InChI=1S/C30H22BrN3O2/c1-19-7-16-27-25(17-19)26(18-28(34-27)20-8-10-22(31)11-9-20)30(36)33-24-14-12-23(13-15-24)32-29(35)21-5-3-2-4-6-21/h2-18H,1H3,(H,32,35)(H,33,36). The molecule has 36 heavy (non-hydrogen) atoms. The van der Waals surface area contributed by atoms with Gasteiger partial charge in [0.15, 0.2) is 0 Å². The second-order valence-electron chi connectivity index (χ2n) is 8.43. The van der Waals surface area contributed by atoms with Crippen molar-refractivity contribution in [2.45, 2.75) is 6.92 Å². The van der Waals surface area contributed by atoms with E-state index in [9.17, 15) is 9.59 Å². The normalized spacial score (nSPS) is 10.7. The average molecular weight is 536 g/mol. The van der Waals surface area contributed by atoms with Crippen LogP contribution in [0, 0.1) is 6.92 Å². The molecule has 4 aromatic carbocycles. The number of halogens is 1. The van der Waals surface area contributed by atoms with Crippen LogP contribution in [0.1, 0.15) is 26.3 Å². The first-order valence-corrected chi connectivity index (χ1v) is 12.2. The molecule has 176 valence electrons.